The molecule has 0 fully saturated rings. The average Bonchev–Trinajstić information content (AvgIpc) is 2.55. The molecule has 5 nitrogen and oxygen atoms in total. The zero-order valence-electron chi connectivity index (χ0n) is 14.2. The van der Waals surface area contributed by atoms with Crippen molar-refractivity contribution in [2.24, 2.45) is 0 Å². The summed E-state index contributed by atoms with van der Waals surface area (Å²) in [5.41, 5.74) is 1.22. The van der Waals surface area contributed by atoms with Gasteiger partial charge in [0, 0.05) is 17.8 Å². The lowest BCUT2D eigenvalue weighted by atomic mass is 10.2. The van der Waals surface area contributed by atoms with E-state index >= 15 is 0 Å². The van der Waals surface area contributed by atoms with Crippen LogP contribution < -0.4 is 10.0 Å². The molecule has 0 heterocycles. The molecule has 138 valence electrons. The molecule has 2 aromatic rings. The summed E-state index contributed by atoms with van der Waals surface area (Å²) in [6, 6.07) is 10.7. The van der Waals surface area contributed by atoms with Gasteiger partial charge in [-0.25, -0.2) is 13.1 Å². The SMILES string of the molecule is CC(C)NS(=O)(=O)c1ccc(NC(=O)/C=C/c2ccc(Cl)c(Cl)c2)cc1. The summed E-state index contributed by atoms with van der Waals surface area (Å²) in [6.07, 6.45) is 2.95. The quantitative estimate of drug-likeness (QED) is 0.693. The average molecular weight is 413 g/mol. The molecular formula is C18H18Cl2N2O3S. The third kappa shape index (κ3) is 5.85. The molecule has 0 aliphatic heterocycles. The number of anilines is 1. The number of nitrogens with one attached hydrogen (secondary N) is 2. The lowest BCUT2D eigenvalue weighted by molar-refractivity contribution is -0.111. The summed E-state index contributed by atoms with van der Waals surface area (Å²) in [5.74, 6) is -0.355. The van der Waals surface area contributed by atoms with Gasteiger partial charge in [-0.1, -0.05) is 29.3 Å². The van der Waals surface area contributed by atoms with Gasteiger partial charge in [-0.15, -0.1) is 0 Å². The third-order valence-electron chi connectivity index (χ3n) is 3.19. The van der Waals surface area contributed by atoms with Gasteiger partial charge in [0.1, 0.15) is 0 Å². The van der Waals surface area contributed by atoms with Crippen LogP contribution in [0.5, 0.6) is 0 Å². The van der Waals surface area contributed by atoms with Crippen molar-refractivity contribution in [2.45, 2.75) is 24.8 Å². The molecule has 0 aliphatic carbocycles. The molecular weight excluding hydrogens is 395 g/mol. The van der Waals surface area contributed by atoms with Crippen LogP contribution in [-0.2, 0) is 14.8 Å². The van der Waals surface area contributed by atoms with Gasteiger partial charge in [0.05, 0.1) is 14.9 Å². The van der Waals surface area contributed by atoms with E-state index in [-0.39, 0.29) is 16.8 Å². The van der Waals surface area contributed by atoms with Crippen LogP contribution in [0.2, 0.25) is 10.0 Å². The van der Waals surface area contributed by atoms with Crippen LogP contribution in [-0.4, -0.2) is 20.4 Å². The van der Waals surface area contributed by atoms with Gasteiger partial charge in [0.15, 0.2) is 0 Å². The van der Waals surface area contributed by atoms with Crippen molar-refractivity contribution in [1.29, 1.82) is 0 Å². The normalized spacial score (nSPS) is 11.9. The van der Waals surface area contributed by atoms with E-state index in [4.69, 9.17) is 23.2 Å². The maximum absolute atomic E-state index is 12.1. The largest absolute Gasteiger partial charge is 0.323 e. The molecule has 1 amide bonds. The first-order valence-corrected chi connectivity index (χ1v) is 9.98. The minimum Gasteiger partial charge on any atom is -0.323 e. The van der Waals surface area contributed by atoms with Gasteiger partial charge in [0.25, 0.3) is 0 Å². The Kier molecular flexibility index (Phi) is 6.83. The van der Waals surface area contributed by atoms with Crippen LogP contribution in [0.15, 0.2) is 53.4 Å². The van der Waals surface area contributed by atoms with Gasteiger partial charge in [-0.3, -0.25) is 4.79 Å². The van der Waals surface area contributed by atoms with Crippen molar-refractivity contribution in [3.8, 4) is 0 Å². The van der Waals surface area contributed by atoms with E-state index in [1.54, 1.807) is 38.1 Å². The number of carbonyl (C=O) groups excluding carboxylic acids is 1. The van der Waals surface area contributed by atoms with E-state index in [0.717, 1.165) is 5.56 Å². The molecule has 0 unspecified atom stereocenters. The Balaban J connectivity index is 2.03. The minimum atomic E-state index is -3.56. The molecule has 0 spiro atoms. The first kappa shape index (κ1) is 20.5. The number of hydrogen-bond acceptors (Lipinski definition) is 3. The maximum Gasteiger partial charge on any atom is 0.248 e. The van der Waals surface area contributed by atoms with E-state index < -0.39 is 10.0 Å². The number of rotatable bonds is 6. The van der Waals surface area contributed by atoms with Gasteiger partial charge < -0.3 is 5.32 Å². The molecule has 0 atom stereocenters. The molecule has 0 aliphatic rings. The van der Waals surface area contributed by atoms with Crippen molar-refractivity contribution in [3.63, 3.8) is 0 Å². The first-order chi connectivity index (χ1) is 12.2. The van der Waals surface area contributed by atoms with E-state index in [1.165, 1.54) is 30.3 Å². The Hall–Kier alpha value is -1.86. The van der Waals surface area contributed by atoms with Crippen LogP contribution in [0.25, 0.3) is 6.08 Å². The van der Waals surface area contributed by atoms with Crippen LogP contribution in [0.1, 0.15) is 19.4 Å². The minimum absolute atomic E-state index is 0.135. The second-order valence-corrected chi connectivity index (χ2v) is 8.32. The topological polar surface area (TPSA) is 75.3 Å². The fraction of sp³-hybridized carbons (Fsp3) is 0.167. The van der Waals surface area contributed by atoms with Crippen LogP contribution in [0.3, 0.4) is 0 Å². The van der Waals surface area contributed by atoms with E-state index in [1.807, 2.05) is 0 Å². The number of carbonyl (C=O) groups is 1. The molecule has 8 heteroatoms. The van der Waals surface area contributed by atoms with Crippen molar-refractivity contribution in [3.05, 3.63) is 64.1 Å². The van der Waals surface area contributed by atoms with E-state index in [9.17, 15) is 13.2 Å². The number of sulfonamides is 1. The number of amides is 1. The number of benzene rings is 2. The Labute approximate surface area is 163 Å². The standard InChI is InChI=1S/C18H18Cl2N2O3S/c1-12(2)22-26(24,25)15-7-5-14(6-8-15)21-18(23)10-4-13-3-9-16(19)17(20)11-13/h3-12,22H,1-2H3,(H,21,23)/b10-4+. The molecule has 0 saturated heterocycles. The van der Waals surface area contributed by atoms with E-state index in [2.05, 4.69) is 10.0 Å². The van der Waals surface area contributed by atoms with Crippen LogP contribution >= 0.6 is 23.2 Å². The maximum atomic E-state index is 12.1. The summed E-state index contributed by atoms with van der Waals surface area (Å²) in [4.78, 5) is 12.1. The highest BCUT2D eigenvalue weighted by Crippen LogP contribution is 2.23. The van der Waals surface area contributed by atoms with E-state index in [0.29, 0.717) is 15.7 Å². The summed E-state index contributed by atoms with van der Waals surface area (Å²) >= 11 is 11.8. The highest BCUT2D eigenvalue weighted by molar-refractivity contribution is 7.89. The predicted octanol–water partition coefficient (Wildman–Crippen LogP) is 4.33. The van der Waals surface area contributed by atoms with Crippen molar-refractivity contribution in [2.75, 3.05) is 5.32 Å². The molecule has 0 aromatic heterocycles. The highest BCUT2D eigenvalue weighted by atomic mass is 35.5. The summed E-state index contributed by atoms with van der Waals surface area (Å²) in [7, 11) is -3.56. The fourth-order valence-corrected chi connectivity index (χ4v) is 3.63. The second kappa shape index (κ2) is 8.68. The molecule has 0 bridgehead atoms. The van der Waals surface area contributed by atoms with Gasteiger partial charge in [-0.2, -0.15) is 0 Å². The first-order valence-electron chi connectivity index (χ1n) is 7.74. The number of halogens is 2. The monoisotopic (exact) mass is 412 g/mol. The molecule has 2 rings (SSSR count). The lowest BCUT2D eigenvalue weighted by Crippen LogP contribution is -2.30. The van der Waals surface area contributed by atoms with Crippen molar-refractivity contribution in [1.82, 2.24) is 4.72 Å². The molecule has 2 aromatic carbocycles. The molecule has 0 saturated carbocycles. The molecule has 0 radical (unpaired) electrons. The smallest absolute Gasteiger partial charge is 0.248 e. The Morgan fingerprint density at radius 3 is 2.27 bits per heavy atom. The highest BCUT2D eigenvalue weighted by Gasteiger charge is 2.14. The van der Waals surface area contributed by atoms with Crippen LogP contribution in [0.4, 0.5) is 5.69 Å². The third-order valence-corrected chi connectivity index (χ3v) is 5.61. The predicted molar refractivity (Wildman–Crippen MR) is 106 cm³/mol. The van der Waals surface area contributed by atoms with Crippen molar-refractivity contribution < 1.29 is 13.2 Å². The summed E-state index contributed by atoms with van der Waals surface area (Å²) in [5, 5.41) is 3.50. The van der Waals surface area contributed by atoms with Gasteiger partial charge in [-0.05, 0) is 61.9 Å². The van der Waals surface area contributed by atoms with Gasteiger partial charge in [0.2, 0.25) is 15.9 Å². The zero-order valence-corrected chi connectivity index (χ0v) is 16.5. The van der Waals surface area contributed by atoms with Gasteiger partial charge >= 0.3 is 0 Å². The molecule has 26 heavy (non-hydrogen) atoms. The van der Waals surface area contributed by atoms with Crippen LogP contribution in [0, 0.1) is 0 Å². The second-order valence-electron chi connectivity index (χ2n) is 5.80. The van der Waals surface area contributed by atoms with Crippen molar-refractivity contribution >= 4 is 50.9 Å². The summed E-state index contributed by atoms with van der Waals surface area (Å²) in [6.45, 7) is 3.48. The Morgan fingerprint density at radius 2 is 1.69 bits per heavy atom. The fourth-order valence-electron chi connectivity index (χ4n) is 2.07. The Bertz CT molecular complexity index is 924. The number of hydrogen-bond donors (Lipinski definition) is 2. The zero-order chi connectivity index (χ0) is 19.3. The lowest BCUT2D eigenvalue weighted by Gasteiger charge is -2.10. The summed E-state index contributed by atoms with van der Waals surface area (Å²) < 4.78 is 26.6. The Morgan fingerprint density at radius 1 is 1.04 bits per heavy atom. The molecule has 2 N–H and O–H groups in total.